The molecule has 3 aromatic rings. The number of nitrogens with zero attached hydrogens (tertiary/aromatic N) is 3. The van der Waals surface area contributed by atoms with E-state index in [0.717, 1.165) is 97.0 Å². The number of fused-ring (bicyclic) bond motifs is 3. The summed E-state index contributed by atoms with van der Waals surface area (Å²) >= 11 is 0. The Morgan fingerprint density at radius 1 is 1.11 bits per heavy atom. The van der Waals surface area contributed by atoms with Crippen molar-refractivity contribution in [1.29, 1.82) is 0 Å². The average Bonchev–Trinajstić information content (AvgIpc) is 3.75. The molecule has 2 saturated carbocycles. The van der Waals surface area contributed by atoms with Gasteiger partial charge in [-0.15, -0.1) is 0 Å². The zero-order chi connectivity index (χ0) is 24.3. The molecule has 7 nitrogen and oxygen atoms in total. The summed E-state index contributed by atoms with van der Waals surface area (Å²) in [5.74, 6) is 7.47. The summed E-state index contributed by atoms with van der Waals surface area (Å²) < 4.78 is 8.05. The minimum atomic E-state index is -0.693. The number of hydrogen-bond acceptors (Lipinski definition) is 6. The normalized spacial score (nSPS) is 20.5. The monoisotopic (exact) mass is 475 g/mol. The van der Waals surface area contributed by atoms with E-state index in [-0.39, 0.29) is 0 Å². The summed E-state index contributed by atoms with van der Waals surface area (Å²) in [5.41, 5.74) is 12.1. The number of hydrogen-bond donors (Lipinski definition) is 3. The molecule has 186 valence electrons. The molecule has 3 fully saturated rings. The zero-order valence-corrected chi connectivity index (χ0v) is 20.8. The van der Waals surface area contributed by atoms with Crippen LogP contribution in [0.1, 0.15) is 56.6 Å². The van der Waals surface area contributed by atoms with E-state index in [2.05, 4.69) is 28.8 Å². The molecule has 1 aliphatic heterocycles. The van der Waals surface area contributed by atoms with Crippen LogP contribution in [0.25, 0.3) is 27.6 Å². The van der Waals surface area contributed by atoms with Gasteiger partial charge in [-0.2, -0.15) is 0 Å². The van der Waals surface area contributed by atoms with Gasteiger partial charge in [0.05, 0.1) is 27.8 Å². The molecule has 1 saturated heterocycles. The maximum Gasteiger partial charge on any atom is 0.0960 e. The van der Waals surface area contributed by atoms with Crippen LogP contribution in [0.3, 0.4) is 0 Å². The van der Waals surface area contributed by atoms with Crippen molar-refractivity contribution in [3.05, 3.63) is 47.3 Å². The highest BCUT2D eigenvalue weighted by molar-refractivity contribution is 6.06. The van der Waals surface area contributed by atoms with Crippen LogP contribution in [0.15, 0.2) is 36.2 Å². The summed E-state index contributed by atoms with van der Waals surface area (Å²) in [6, 6.07) is 8.75. The van der Waals surface area contributed by atoms with Crippen molar-refractivity contribution in [2.24, 2.45) is 29.3 Å². The zero-order valence-electron chi connectivity index (χ0n) is 20.8. The van der Waals surface area contributed by atoms with Crippen molar-refractivity contribution in [2.45, 2.75) is 57.6 Å². The Labute approximate surface area is 206 Å². The predicted molar refractivity (Wildman–Crippen MR) is 139 cm³/mol. The number of nitrogens with two attached hydrogens (primary N) is 2. The van der Waals surface area contributed by atoms with Crippen LogP contribution < -0.4 is 11.6 Å². The molecule has 0 bridgehead atoms. The van der Waals surface area contributed by atoms with Crippen LogP contribution in [-0.2, 0) is 16.9 Å². The summed E-state index contributed by atoms with van der Waals surface area (Å²) in [7, 11) is 1.80. The Kier molecular flexibility index (Phi) is 5.55. The standard InChI is InChI=1S/C28H37N5O2/c1-17(29)27(32(2)30)19-13-25-26(31-15-19)23-8-7-22(28(34,20-3-4-20)21-5-6-21)14-24(23)33(25)16-18-9-11-35-12-10-18/h7-8,13-15,18,20-21,34H,3-6,9-12,16,29-30H2,1-2H3/b27-17-. The van der Waals surface area contributed by atoms with Gasteiger partial charge < -0.3 is 25.2 Å². The number of ether oxygens (including phenoxy) is 1. The first-order valence-corrected chi connectivity index (χ1v) is 13.1. The Morgan fingerprint density at radius 2 is 1.80 bits per heavy atom. The first kappa shape index (κ1) is 22.8. The lowest BCUT2D eigenvalue weighted by Crippen LogP contribution is -2.31. The van der Waals surface area contributed by atoms with E-state index in [4.69, 9.17) is 21.3 Å². The second-order valence-electron chi connectivity index (χ2n) is 11.0. The van der Waals surface area contributed by atoms with Gasteiger partial charge >= 0.3 is 0 Å². The second kappa shape index (κ2) is 8.50. The molecule has 2 aliphatic carbocycles. The largest absolute Gasteiger partial charge is 0.401 e. The summed E-state index contributed by atoms with van der Waals surface area (Å²) in [6.07, 6.45) is 8.49. The maximum absolute atomic E-state index is 11.9. The van der Waals surface area contributed by atoms with Crippen LogP contribution in [0, 0.1) is 17.8 Å². The number of aromatic nitrogens is 2. The molecule has 2 aromatic heterocycles. The predicted octanol–water partition coefficient (Wildman–Crippen LogP) is 4.08. The molecule has 5 N–H and O–H groups in total. The highest BCUT2D eigenvalue weighted by Gasteiger charge is 2.54. The van der Waals surface area contributed by atoms with E-state index < -0.39 is 5.60 Å². The quantitative estimate of drug-likeness (QED) is 0.352. The van der Waals surface area contributed by atoms with Crippen molar-refractivity contribution >= 4 is 27.6 Å². The van der Waals surface area contributed by atoms with Gasteiger partial charge in [0.1, 0.15) is 0 Å². The summed E-state index contributed by atoms with van der Waals surface area (Å²) in [4.78, 5) is 4.92. The number of benzene rings is 1. The van der Waals surface area contributed by atoms with Gasteiger partial charge in [0.25, 0.3) is 0 Å². The Bertz CT molecular complexity index is 1280. The van der Waals surface area contributed by atoms with Gasteiger partial charge in [-0.1, -0.05) is 12.1 Å². The van der Waals surface area contributed by atoms with Gasteiger partial charge in [-0.05, 0) is 80.9 Å². The fraction of sp³-hybridized carbons (Fsp3) is 0.536. The molecule has 1 aromatic carbocycles. The fourth-order valence-corrected chi connectivity index (χ4v) is 6.27. The van der Waals surface area contributed by atoms with Gasteiger partial charge in [0.2, 0.25) is 0 Å². The van der Waals surface area contributed by atoms with Crippen molar-refractivity contribution in [3.8, 4) is 0 Å². The maximum atomic E-state index is 11.9. The minimum absolute atomic E-state index is 0.394. The molecule has 0 spiro atoms. The SMILES string of the molecule is C/C(N)=C(\c1cnc2c3ccc(C(O)(C4CC4)C4CC4)cc3n(CC3CCOCC3)c2c1)N(C)N. The van der Waals surface area contributed by atoms with Crippen molar-refractivity contribution in [3.63, 3.8) is 0 Å². The van der Waals surface area contributed by atoms with Crippen molar-refractivity contribution < 1.29 is 9.84 Å². The molecule has 3 aliphatic rings. The third kappa shape index (κ3) is 3.90. The number of hydrazine groups is 1. The fourth-order valence-electron chi connectivity index (χ4n) is 6.27. The molecular weight excluding hydrogens is 438 g/mol. The molecule has 0 unspecified atom stereocenters. The van der Waals surface area contributed by atoms with Crippen LogP contribution in [0.5, 0.6) is 0 Å². The van der Waals surface area contributed by atoms with E-state index in [1.54, 1.807) is 12.1 Å². The van der Waals surface area contributed by atoms with Crippen molar-refractivity contribution in [1.82, 2.24) is 14.6 Å². The number of rotatable bonds is 7. The molecule has 35 heavy (non-hydrogen) atoms. The summed E-state index contributed by atoms with van der Waals surface area (Å²) in [5, 5.41) is 14.6. The average molecular weight is 476 g/mol. The molecule has 0 radical (unpaired) electrons. The molecule has 3 heterocycles. The van der Waals surface area contributed by atoms with Gasteiger partial charge in [0.15, 0.2) is 0 Å². The molecule has 7 heteroatoms. The smallest absolute Gasteiger partial charge is 0.0960 e. The first-order valence-electron chi connectivity index (χ1n) is 13.1. The van der Waals surface area contributed by atoms with E-state index in [9.17, 15) is 5.11 Å². The van der Waals surface area contributed by atoms with Gasteiger partial charge in [0, 0.05) is 49.6 Å². The highest BCUT2D eigenvalue weighted by Crippen LogP contribution is 2.57. The Morgan fingerprint density at radius 3 is 2.40 bits per heavy atom. The third-order valence-electron chi connectivity index (χ3n) is 8.35. The van der Waals surface area contributed by atoms with E-state index >= 15 is 0 Å². The lowest BCUT2D eigenvalue weighted by molar-refractivity contribution is -0.0101. The Hall–Kier alpha value is -2.61. The Balaban J connectivity index is 1.54. The number of allylic oxidation sites excluding steroid dienone is 1. The lowest BCUT2D eigenvalue weighted by Gasteiger charge is -2.29. The number of pyridine rings is 1. The first-order chi connectivity index (χ1) is 16.9. The molecule has 6 rings (SSSR count). The number of aliphatic hydroxyl groups is 1. The third-order valence-corrected chi connectivity index (χ3v) is 8.35. The highest BCUT2D eigenvalue weighted by atomic mass is 16.5. The molecular formula is C28H37N5O2. The van der Waals surface area contributed by atoms with Crippen LogP contribution in [0.4, 0.5) is 0 Å². The van der Waals surface area contributed by atoms with Crippen molar-refractivity contribution in [2.75, 3.05) is 20.3 Å². The minimum Gasteiger partial charge on any atom is -0.401 e. The van der Waals surface area contributed by atoms with E-state index in [1.165, 1.54) is 0 Å². The van der Waals surface area contributed by atoms with E-state index in [1.807, 2.05) is 13.1 Å². The topological polar surface area (TPSA) is 103 Å². The van der Waals surface area contributed by atoms with Crippen LogP contribution in [-0.4, -0.2) is 39.9 Å². The van der Waals surface area contributed by atoms with Gasteiger partial charge in [-0.25, -0.2) is 5.84 Å². The van der Waals surface area contributed by atoms with E-state index in [0.29, 0.717) is 23.5 Å². The van der Waals surface area contributed by atoms with Crippen LogP contribution >= 0.6 is 0 Å². The van der Waals surface area contributed by atoms with Gasteiger partial charge in [-0.3, -0.25) is 4.98 Å². The molecule has 0 atom stereocenters. The molecule has 0 amide bonds. The second-order valence-corrected chi connectivity index (χ2v) is 11.0. The lowest BCUT2D eigenvalue weighted by atomic mass is 9.84. The van der Waals surface area contributed by atoms with Crippen LogP contribution in [0.2, 0.25) is 0 Å². The summed E-state index contributed by atoms with van der Waals surface area (Å²) in [6.45, 7) is 4.40.